The molecule has 1 fully saturated rings. The average Bonchev–Trinajstić information content (AvgIpc) is 3.00. The molecule has 1 aliphatic heterocycles. The lowest BCUT2D eigenvalue weighted by atomic mass is 10.0. The van der Waals surface area contributed by atoms with Crippen molar-refractivity contribution in [2.75, 3.05) is 18.8 Å². The van der Waals surface area contributed by atoms with Crippen LogP contribution in [-0.4, -0.2) is 39.8 Å². The molecule has 0 spiro atoms. The second-order valence-electron chi connectivity index (χ2n) is 6.14. The average molecular weight is 349 g/mol. The first-order valence-corrected chi connectivity index (χ1v) is 9.06. The molecule has 1 unspecified atom stereocenters. The molecule has 1 amide bonds. The monoisotopic (exact) mass is 349 g/mol. The van der Waals surface area contributed by atoms with Crippen LogP contribution in [0.25, 0.3) is 0 Å². The molecule has 5 nitrogen and oxygen atoms in total. The Hall–Kier alpha value is -1.89. The summed E-state index contributed by atoms with van der Waals surface area (Å²) in [6, 6.07) is 6.29. The Morgan fingerprint density at radius 2 is 2.33 bits per heavy atom. The quantitative estimate of drug-likeness (QED) is 0.776. The third-order valence-electron chi connectivity index (χ3n) is 4.02. The van der Waals surface area contributed by atoms with E-state index in [-0.39, 0.29) is 11.7 Å². The molecule has 1 atom stereocenters. The molecule has 3 rings (SSSR count). The van der Waals surface area contributed by atoms with Crippen molar-refractivity contribution < 1.29 is 13.6 Å². The number of likely N-dealkylation sites (tertiary alicyclic amines) is 1. The maximum atomic E-state index is 13.2. The minimum Gasteiger partial charge on any atom is -0.416 e. The van der Waals surface area contributed by atoms with E-state index in [4.69, 9.17) is 4.42 Å². The number of aromatic nitrogens is 2. The van der Waals surface area contributed by atoms with Gasteiger partial charge in [-0.1, -0.05) is 30.8 Å². The summed E-state index contributed by atoms with van der Waals surface area (Å²) in [4.78, 5) is 14.1. The molecule has 0 aliphatic carbocycles. The molecule has 1 aliphatic rings. The summed E-state index contributed by atoms with van der Waals surface area (Å²) in [6.45, 7) is 3.83. The fourth-order valence-corrected chi connectivity index (χ4v) is 3.50. The van der Waals surface area contributed by atoms with E-state index in [0.717, 1.165) is 25.1 Å². The fourth-order valence-electron chi connectivity index (χ4n) is 2.82. The summed E-state index contributed by atoms with van der Waals surface area (Å²) in [7, 11) is 0. The minimum atomic E-state index is -0.289. The molecule has 0 N–H and O–H groups in total. The predicted octanol–water partition coefficient (Wildman–Crippen LogP) is 3.15. The van der Waals surface area contributed by atoms with E-state index < -0.39 is 0 Å². The lowest BCUT2D eigenvalue weighted by Gasteiger charge is -2.30. The second kappa shape index (κ2) is 7.79. The molecule has 1 aromatic carbocycles. The number of halogens is 1. The maximum absolute atomic E-state index is 13.2. The van der Waals surface area contributed by atoms with Crippen LogP contribution in [0.2, 0.25) is 0 Å². The highest BCUT2D eigenvalue weighted by atomic mass is 32.2. The first-order valence-electron chi connectivity index (χ1n) is 8.07. The van der Waals surface area contributed by atoms with Crippen molar-refractivity contribution in [3.63, 3.8) is 0 Å². The zero-order valence-electron chi connectivity index (χ0n) is 13.6. The van der Waals surface area contributed by atoms with E-state index in [1.54, 1.807) is 12.1 Å². The number of piperidine rings is 1. The third kappa shape index (κ3) is 4.56. The van der Waals surface area contributed by atoms with E-state index in [2.05, 4.69) is 17.1 Å². The van der Waals surface area contributed by atoms with E-state index >= 15 is 0 Å². The van der Waals surface area contributed by atoms with Crippen molar-refractivity contribution in [2.45, 2.75) is 31.4 Å². The number of rotatable bonds is 5. The number of amides is 1. The Labute approximate surface area is 144 Å². The van der Waals surface area contributed by atoms with E-state index in [1.165, 1.54) is 30.3 Å². The van der Waals surface area contributed by atoms with Gasteiger partial charge in [-0.25, -0.2) is 4.39 Å². The number of thioether (sulfide) groups is 1. The molecular weight excluding hydrogens is 329 g/mol. The zero-order chi connectivity index (χ0) is 16.9. The van der Waals surface area contributed by atoms with Crippen LogP contribution in [0, 0.1) is 11.7 Å². The van der Waals surface area contributed by atoms with E-state index in [9.17, 15) is 9.18 Å². The number of hydrogen-bond donors (Lipinski definition) is 0. The van der Waals surface area contributed by atoms with Gasteiger partial charge in [0.15, 0.2) is 0 Å². The Morgan fingerprint density at radius 1 is 1.46 bits per heavy atom. The van der Waals surface area contributed by atoms with Gasteiger partial charge in [0.05, 0.1) is 12.2 Å². The number of carbonyl (C=O) groups excluding carboxylic acids is 1. The predicted molar refractivity (Wildman–Crippen MR) is 89.2 cm³/mol. The molecule has 7 heteroatoms. The van der Waals surface area contributed by atoms with Crippen LogP contribution in [0.5, 0.6) is 0 Å². The normalized spacial score (nSPS) is 17.9. The summed E-state index contributed by atoms with van der Waals surface area (Å²) >= 11 is 1.25. The van der Waals surface area contributed by atoms with Gasteiger partial charge in [-0.3, -0.25) is 4.79 Å². The highest BCUT2D eigenvalue weighted by molar-refractivity contribution is 7.99. The van der Waals surface area contributed by atoms with E-state index in [0.29, 0.717) is 29.2 Å². The Morgan fingerprint density at radius 3 is 3.12 bits per heavy atom. The van der Waals surface area contributed by atoms with Gasteiger partial charge in [0.1, 0.15) is 5.82 Å². The highest BCUT2D eigenvalue weighted by Gasteiger charge is 2.21. The minimum absolute atomic E-state index is 0.108. The number of benzene rings is 1. The lowest BCUT2D eigenvalue weighted by Crippen LogP contribution is -2.40. The Bertz CT molecular complexity index is 707. The molecule has 0 radical (unpaired) electrons. The SMILES string of the molecule is CC1CCCN(C(=O)CSc2nnc(Cc3cccc(F)c3)o2)C1. The molecule has 128 valence electrons. The Balaban J connectivity index is 1.51. The molecule has 0 saturated carbocycles. The first-order chi connectivity index (χ1) is 11.6. The van der Waals surface area contributed by atoms with Gasteiger partial charge in [-0.2, -0.15) is 0 Å². The van der Waals surface area contributed by atoms with Gasteiger partial charge in [-0.15, -0.1) is 10.2 Å². The van der Waals surface area contributed by atoms with Crippen molar-refractivity contribution >= 4 is 17.7 Å². The van der Waals surface area contributed by atoms with Crippen LogP contribution in [0.15, 0.2) is 33.9 Å². The standard InChI is InChI=1S/C17H20FN3O2S/c1-12-4-3-7-21(10-12)16(22)11-24-17-20-19-15(23-17)9-13-5-2-6-14(18)8-13/h2,5-6,8,12H,3-4,7,9-11H2,1H3. The van der Waals surface area contributed by atoms with Crippen LogP contribution in [-0.2, 0) is 11.2 Å². The van der Waals surface area contributed by atoms with Crippen molar-refractivity contribution in [3.05, 3.63) is 41.5 Å². The Kier molecular flexibility index (Phi) is 5.50. The van der Waals surface area contributed by atoms with Crippen LogP contribution < -0.4 is 0 Å². The van der Waals surface area contributed by atoms with Gasteiger partial charge in [0.25, 0.3) is 5.22 Å². The van der Waals surface area contributed by atoms with E-state index in [1.807, 2.05) is 4.90 Å². The van der Waals surface area contributed by atoms with Gasteiger partial charge < -0.3 is 9.32 Å². The van der Waals surface area contributed by atoms with Gasteiger partial charge in [0, 0.05) is 13.1 Å². The summed E-state index contributed by atoms with van der Waals surface area (Å²) < 4.78 is 18.7. The molecule has 1 aromatic heterocycles. The van der Waals surface area contributed by atoms with Crippen LogP contribution >= 0.6 is 11.8 Å². The van der Waals surface area contributed by atoms with Crippen molar-refractivity contribution in [1.29, 1.82) is 0 Å². The van der Waals surface area contributed by atoms with Gasteiger partial charge >= 0.3 is 0 Å². The second-order valence-corrected chi connectivity index (χ2v) is 7.07. The van der Waals surface area contributed by atoms with Crippen molar-refractivity contribution in [3.8, 4) is 0 Å². The smallest absolute Gasteiger partial charge is 0.277 e. The molecule has 1 saturated heterocycles. The number of nitrogens with zero attached hydrogens (tertiary/aromatic N) is 3. The zero-order valence-corrected chi connectivity index (χ0v) is 14.4. The topological polar surface area (TPSA) is 59.2 Å². The summed E-state index contributed by atoms with van der Waals surface area (Å²) in [5.41, 5.74) is 0.772. The molecule has 0 bridgehead atoms. The number of hydrogen-bond acceptors (Lipinski definition) is 5. The van der Waals surface area contributed by atoms with Gasteiger partial charge in [-0.05, 0) is 36.5 Å². The number of carbonyl (C=O) groups is 1. The summed E-state index contributed by atoms with van der Waals surface area (Å²) in [6.07, 6.45) is 2.63. The third-order valence-corrected chi connectivity index (χ3v) is 4.82. The largest absolute Gasteiger partial charge is 0.416 e. The fraction of sp³-hybridized carbons (Fsp3) is 0.471. The summed E-state index contributed by atoms with van der Waals surface area (Å²) in [5, 5.41) is 8.28. The molecule has 24 heavy (non-hydrogen) atoms. The van der Waals surface area contributed by atoms with Crippen LogP contribution in [0.4, 0.5) is 4.39 Å². The van der Waals surface area contributed by atoms with Gasteiger partial charge in [0.2, 0.25) is 11.8 Å². The molecule has 2 heterocycles. The summed E-state index contributed by atoms with van der Waals surface area (Å²) in [5.74, 6) is 1.10. The van der Waals surface area contributed by atoms with Crippen LogP contribution in [0.3, 0.4) is 0 Å². The van der Waals surface area contributed by atoms with Crippen molar-refractivity contribution in [2.24, 2.45) is 5.92 Å². The highest BCUT2D eigenvalue weighted by Crippen LogP contribution is 2.21. The molecule has 2 aromatic rings. The maximum Gasteiger partial charge on any atom is 0.277 e. The lowest BCUT2D eigenvalue weighted by molar-refractivity contribution is -0.130. The van der Waals surface area contributed by atoms with Crippen molar-refractivity contribution in [1.82, 2.24) is 15.1 Å². The molecular formula is C17H20FN3O2S. The first kappa shape index (κ1) is 17.0. The van der Waals surface area contributed by atoms with Crippen LogP contribution in [0.1, 0.15) is 31.2 Å².